The van der Waals surface area contributed by atoms with Gasteiger partial charge in [0.15, 0.2) is 0 Å². The van der Waals surface area contributed by atoms with Crippen LogP contribution >= 0.6 is 0 Å². The summed E-state index contributed by atoms with van der Waals surface area (Å²) in [6.45, 7) is 3.35. The van der Waals surface area contributed by atoms with E-state index < -0.39 is 0 Å². The molecule has 3 heterocycles. The third-order valence-corrected chi connectivity index (χ3v) is 5.62. The van der Waals surface area contributed by atoms with Crippen LogP contribution in [0.15, 0.2) is 36.5 Å². The van der Waals surface area contributed by atoms with Crippen molar-refractivity contribution in [3.8, 4) is 11.1 Å². The number of nitrogens with two attached hydrogens (primary N) is 1. The number of nitrogens with zero attached hydrogens (tertiary/aromatic N) is 4. The Balaban J connectivity index is 1.65. The van der Waals surface area contributed by atoms with E-state index in [-0.39, 0.29) is 17.9 Å². The maximum atomic E-state index is 13.1. The van der Waals surface area contributed by atoms with Crippen molar-refractivity contribution in [3.05, 3.63) is 42.2 Å². The number of hydrogen-bond acceptors (Lipinski definition) is 5. The molecule has 0 saturated carbocycles. The Hall–Kier alpha value is -2.47. The first-order valence-electron chi connectivity index (χ1n) is 9.92. The summed E-state index contributed by atoms with van der Waals surface area (Å²) >= 11 is 0. The van der Waals surface area contributed by atoms with Crippen LogP contribution in [0.5, 0.6) is 0 Å². The van der Waals surface area contributed by atoms with Crippen LogP contribution in [0.25, 0.3) is 11.1 Å². The van der Waals surface area contributed by atoms with Gasteiger partial charge in [-0.25, -0.2) is 9.97 Å². The molecule has 4 rings (SSSR count). The normalized spacial score (nSPS) is 20.7. The molecule has 6 nitrogen and oxygen atoms in total. The topological polar surface area (TPSA) is 75.3 Å². The monoisotopic (exact) mass is 365 g/mol. The van der Waals surface area contributed by atoms with Crippen LogP contribution in [-0.4, -0.2) is 51.9 Å². The first kappa shape index (κ1) is 17.9. The Labute approximate surface area is 160 Å². The number of nitrogen functional groups attached to an aromatic ring is 1. The van der Waals surface area contributed by atoms with Gasteiger partial charge in [-0.3, -0.25) is 9.69 Å². The van der Waals surface area contributed by atoms with E-state index in [1.807, 2.05) is 23.1 Å². The number of piperidine rings is 1. The Morgan fingerprint density at radius 1 is 1.07 bits per heavy atom. The van der Waals surface area contributed by atoms with Crippen molar-refractivity contribution >= 4 is 11.9 Å². The van der Waals surface area contributed by atoms with Crippen LogP contribution < -0.4 is 5.73 Å². The van der Waals surface area contributed by atoms with Crippen LogP contribution in [0.3, 0.4) is 0 Å². The molecule has 27 heavy (non-hydrogen) atoms. The Morgan fingerprint density at radius 2 is 1.81 bits per heavy atom. The second-order valence-electron chi connectivity index (χ2n) is 7.48. The Kier molecular flexibility index (Phi) is 5.34. The highest BCUT2D eigenvalue weighted by Crippen LogP contribution is 2.36. The van der Waals surface area contributed by atoms with Crippen LogP contribution in [0.4, 0.5) is 5.95 Å². The van der Waals surface area contributed by atoms with Gasteiger partial charge in [0.05, 0.1) is 18.3 Å². The summed E-state index contributed by atoms with van der Waals surface area (Å²) in [5.74, 6) is 0.472. The lowest BCUT2D eigenvalue weighted by Gasteiger charge is -2.37. The number of amides is 1. The molecule has 2 fully saturated rings. The molecule has 1 aromatic carbocycles. The van der Waals surface area contributed by atoms with Crippen LogP contribution in [0, 0.1) is 0 Å². The Morgan fingerprint density at radius 3 is 2.59 bits per heavy atom. The molecule has 1 unspecified atom stereocenters. The van der Waals surface area contributed by atoms with Crippen molar-refractivity contribution in [2.75, 3.05) is 31.9 Å². The van der Waals surface area contributed by atoms with Crippen molar-refractivity contribution in [1.82, 2.24) is 19.8 Å². The van der Waals surface area contributed by atoms with Gasteiger partial charge in [0, 0.05) is 18.3 Å². The average Bonchev–Trinajstić information content (AvgIpc) is 3.21. The number of hydrogen-bond donors (Lipinski definition) is 1. The van der Waals surface area contributed by atoms with Crippen LogP contribution in [-0.2, 0) is 4.79 Å². The third kappa shape index (κ3) is 3.95. The number of anilines is 1. The van der Waals surface area contributed by atoms with E-state index >= 15 is 0 Å². The van der Waals surface area contributed by atoms with E-state index in [4.69, 9.17) is 5.73 Å². The lowest BCUT2D eigenvalue weighted by molar-refractivity contribution is -0.136. The standard InChI is InChI=1S/C21H27N5O/c22-21-23-14-17(16-8-2-1-3-9-16)20(24-21)18-10-4-5-13-26(18)19(27)15-25-11-6-7-12-25/h1-3,8-9,14,18H,4-7,10-13,15H2,(H2,22,23,24). The maximum Gasteiger partial charge on any atom is 0.237 e. The molecule has 0 spiro atoms. The van der Waals surface area contributed by atoms with E-state index in [1.165, 1.54) is 12.8 Å². The second kappa shape index (κ2) is 8.05. The smallest absolute Gasteiger partial charge is 0.237 e. The quantitative estimate of drug-likeness (QED) is 0.902. The summed E-state index contributed by atoms with van der Waals surface area (Å²) in [7, 11) is 0. The van der Waals surface area contributed by atoms with Crippen molar-refractivity contribution in [1.29, 1.82) is 0 Å². The van der Waals surface area contributed by atoms with Crippen molar-refractivity contribution in [2.24, 2.45) is 0 Å². The van der Waals surface area contributed by atoms with Gasteiger partial charge in [0.25, 0.3) is 0 Å². The van der Waals surface area contributed by atoms with Gasteiger partial charge in [-0.2, -0.15) is 0 Å². The fraction of sp³-hybridized carbons (Fsp3) is 0.476. The number of likely N-dealkylation sites (tertiary alicyclic amines) is 2. The number of carbonyl (C=O) groups is 1. The third-order valence-electron chi connectivity index (χ3n) is 5.62. The molecule has 0 radical (unpaired) electrons. The lowest BCUT2D eigenvalue weighted by Crippen LogP contribution is -2.44. The second-order valence-corrected chi connectivity index (χ2v) is 7.48. The molecule has 0 bridgehead atoms. The Bertz CT molecular complexity index is 788. The minimum Gasteiger partial charge on any atom is -0.368 e. The summed E-state index contributed by atoms with van der Waals surface area (Å²) in [5.41, 5.74) is 8.84. The molecule has 2 aliphatic heterocycles. The minimum atomic E-state index is -0.0330. The number of benzene rings is 1. The highest BCUT2D eigenvalue weighted by molar-refractivity contribution is 5.79. The first-order chi connectivity index (χ1) is 13.2. The lowest BCUT2D eigenvalue weighted by atomic mass is 9.93. The zero-order valence-electron chi connectivity index (χ0n) is 15.7. The molecule has 2 aliphatic rings. The van der Waals surface area contributed by atoms with Gasteiger partial charge >= 0.3 is 0 Å². The van der Waals surface area contributed by atoms with Gasteiger partial charge in [-0.15, -0.1) is 0 Å². The van der Waals surface area contributed by atoms with E-state index in [1.54, 1.807) is 6.20 Å². The molecule has 0 aliphatic carbocycles. The molecule has 1 amide bonds. The highest BCUT2D eigenvalue weighted by Gasteiger charge is 2.32. The molecule has 2 N–H and O–H groups in total. The predicted octanol–water partition coefficient (Wildman–Crippen LogP) is 2.88. The van der Waals surface area contributed by atoms with E-state index in [0.29, 0.717) is 6.54 Å². The molecule has 142 valence electrons. The fourth-order valence-electron chi connectivity index (χ4n) is 4.24. The molecule has 1 atom stereocenters. The van der Waals surface area contributed by atoms with Crippen LogP contribution in [0.1, 0.15) is 43.8 Å². The van der Waals surface area contributed by atoms with E-state index in [2.05, 4.69) is 27.0 Å². The average molecular weight is 365 g/mol. The van der Waals surface area contributed by atoms with Gasteiger partial charge in [0.1, 0.15) is 0 Å². The van der Waals surface area contributed by atoms with Crippen LogP contribution in [0.2, 0.25) is 0 Å². The van der Waals surface area contributed by atoms with Gasteiger partial charge in [0.2, 0.25) is 11.9 Å². The summed E-state index contributed by atoms with van der Waals surface area (Å²) in [6.07, 6.45) is 7.24. The summed E-state index contributed by atoms with van der Waals surface area (Å²) in [6, 6.07) is 10.1. The van der Waals surface area contributed by atoms with Gasteiger partial charge < -0.3 is 10.6 Å². The van der Waals surface area contributed by atoms with Crippen molar-refractivity contribution in [3.63, 3.8) is 0 Å². The van der Waals surface area contributed by atoms with Gasteiger partial charge in [-0.05, 0) is 50.8 Å². The molecule has 1 aromatic heterocycles. The van der Waals surface area contributed by atoms with E-state index in [0.717, 1.165) is 55.7 Å². The molecule has 2 aromatic rings. The zero-order valence-corrected chi connectivity index (χ0v) is 15.7. The minimum absolute atomic E-state index is 0.0330. The van der Waals surface area contributed by atoms with Crippen molar-refractivity contribution in [2.45, 2.75) is 38.1 Å². The molecular weight excluding hydrogens is 338 g/mol. The molecular formula is C21H27N5O. The van der Waals surface area contributed by atoms with Gasteiger partial charge in [-0.1, -0.05) is 30.3 Å². The predicted molar refractivity (Wildman–Crippen MR) is 106 cm³/mol. The number of carbonyl (C=O) groups excluding carboxylic acids is 1. The van der Waals surface area contributed by atoms with E-state index in [9.17, 15) is 4.79 Å². The number of aromatic nitrogens is 2. The van der Waals surface area contributed by atoms with Crippen molar-refractivity contribution < 1.29 is 4.79 Å². The maximum absolute atomic E-state index is 13.1. The molecule has 2 saturated heterocycles. The fourth-order valence-corrected chi connectivity index (χ4v) is 4.24. The largest absolute Gasteiger partial charge is 0.368 e. The molecule has 6 heteroatoms. The SMILES string of the molecule is Nc1ncc(-c2ccccc2)c(C2CCCCN2C(=O)CN2CCCC2)n1. The highest BCUT2D eigenvalue weighted by atomic mass is 16.2. The first-order valence-corrected chi connectivity index (χ1v) is 9.92. The summed E-state index contributed by atoms with van der Waals surface area (Å²) in [5, 5.41) is 0. The summed E-state index contributed by atoms with van der Waals surface area (Å²) < 4.78 is 0. The number of rotatable bonds is 4. The summed E-state index contributed by atoms with van der Waals surface area (Å²) in [4.78, 5) is 26.2. The zero-order chi connectivity index (χ0) is 18.6.